The summed E-state index contributed by atoms with van der Waals surface area (Å²) in [4.78, 5) is 0. The number of anilines is 2. The van der Waals surface area contributed by atoms with Crippen molar-refractivity contribution < 1.29 is 5.11 Å². The zero-order valence-electron chi connectivity index (χ0n) is 5.99. The summed E-state index contributed by atoms with van der Waals surface area (Å²) in [5.41, 5.74) is 13.0. The molecule has 5 N–H and O–H groups in total. The first-order valence-corrected chi connectivity index (χ1v) is 3.20. The van der Waals surface area contributed by atoms with Crippen LogP contribution in [0.3, 0.4) is 0 Å². The Balaban J connectivity index is 3.09. The van der Waals surface area contributed by atoms with Crippen LogP contribution in [-0.2, 0) is 0 Å². The third-order valence-electron chi connectivity index (χ3n) is 1.36. The average Bonchev–Trinajstić information content (AvgIpc) is 1.95. The summed E-state index contributed by atoms with van der Waals surface area (Å²) in [6.45, 7) is 0. The van der Waals surface area contributed by atoms with Gasteiger partial charge in [-0.15, -0.1) is 0 Å². The first kappa shape index (κ1) is 7.47. The molecule has 3 heteroatoms. The molecule has 0 spiro atoms. The lowest BCUT2D eigenvalue weighted by molar-refractivity contribution is 0.478. The third kappa shape index (κ3) is 1.64. The van der Waals surface area contributed by atoms with Gasteiger partial charge in [-0.25, -0.2) is 0 Å². The van der Waals surface area contributed by atoms with Crippen LogP contribution in [-0.4, -0.2) is 5.11 Å². The lowest BCUT2D eigenvalue weighted by Crippen LogP contribution is -1.92. The lowest BCUT2D eigenvalue weighted by Gasteiger charge is -1.99. The quantitative estimate of drug-likeness (QED) is 0.418. The van der Waals surface area contributed by atoms with Crippen LogP contribution >= 0.6 is 0 Å². The van der Waals surface area contributed by atoms with Crippen molar-refractivity contribution in [3.63, 3.8) is 0 Å². The molecule has 0 bridgehead atoms. The number of nitrogen functional groups attached to an aromatic ring is 2. The van der Waals surface area contributed by atoms with Crippen molar-refractivity contribution in [1.82, 2.24) is 0 Å². The maximum Gasteiger partial charge on any atom is 0.0798 e. The molecule has 0 aliphatic rings. The SMILES string of the molecule is Nc1ccc(C=CO)c(N)c1. The number of hydrogen-bond acceptors (Lipinski definition) is 3. The van der Waals surface area contributed by atoms with Crippen molar-refractivity contribution in [1.29, 1.82) is 0 Å². The van der Waals surface area contributed by atoms with Crippen LogP contribution in [0.5, 0.6) is 0 Å². The van der Waals surface area contributed by atoms with Crippen LogP contribution in [0.2, 0.25) is 0 Å². The molecule has 0 aliphatic carbocycles. The Hall–Kier alpha value is -1.64. The van der Waals surface area contributed by atoms with Gasteiger partial charge in [-0.1, -0.05) is 6.07 Å². The van der Waals surface area contributed by atoms with E-state index in [2.05, 4.69) is 0 Å². The van der Waals surface area contributed by atoms with Crippen molar-refractivity contribution >= 4 is 17.5 Å². The molecule has 1 rings (SSSR count). The normalized spacial score (nSPS) is 10.5. The van der Waals surface area contributed by atoms with Crippen molar-refractivity contribution in [3.05, 3.63) is 30.0 Å². The van der Waals surface area contributed by atoms with Crippen LogP contribution in [0, 0.1) is 0 Å². The average molecular weight is 150 g/mol. The van der Waals surface area contributed by atoms with Crippen LogP contribution in [0.4, 0.5) is 11.4 Å². The molecule has 0 amide bonds. The molecule has 0 fully saturated rings. The summed E-state index contributed by atoms with van der Waals surface area (Å²) in [7, 11) is 0. The van der Waals surface area contributed by atoms with Crippen molar-refractivity contribution in [2.75, 3.05) is 11.5 Å². The molecular formula is C8H10N2O. The summed E-state index contributed by atoms with van der Waals surface area (Å²) in [5.74, 6) is 0. The molecule has 3 nitrogen and oxygen atoms in total. The maximum atomic E-state index is 8.45. The van der Waals surface area contributed by atoms with E-state index in [4.69, 9.17) is 16.6 Å². The summed E-state index contributed by atoms with van der Waals surface area (Å²) < 4.78 is 0. The molecule has 0 heterocycles. The molecule has 0 aromatic heterocycles. The number of aliphatic hydroxyl groups is 1. The molecule has 58 valence electrons. The lowest BCUT2D eigenvalue weighted by atomic mass is 10.1. The van der Waals surface area contributed by atoms with Crippen molar-refractivity contribution in [3.8, 4) is 0 Å². The minimum absolute atomic E-state index is 0.565. The molecular weight excluding hydrogens is 140 g/mol. The van der Waals surface area contributed by atoms with E-state index in [1.807, 2.05) is 0 Å². The second kappa shape index (κ2) is 2.96. The minimum atomic E-state index is 0.565. The smallest absolute Gasteiger partial charge is 0.0798 e. The number of rotatable bonds is 1. The number of hydrogen-bond donors (Lipinski definition) is 3. The van der Waals surface area contributed by atoms with Gasteiger partial charge in [-0.3, -0.25) is 0 Å². The highest BCUT2D eigenvalue weighted by Crippen LogP contribution is 2.16. The van der Waals surface area contributed by atoms with Gasteiger partial charge < -0.3 is 16.6 Å². The zero-order chi connectivity index (χ0) is 8.27. The molecule has 0 saturated carbocycles. The van der Waals surface area contributed by atoms with E-state index in [0.29, 0.717) is 11.4 Å². The number of nitrogens with two attached hydrogens (primary N) is 2. The van der Waals surface area contributed by atoms with Crippen molar-refractivity contribution in [2.45, 2.75) is 0 Å². The molecule has 0 radical (unpaired) electrons. The zero-order valence-corrected chi connectivity index (χ0v) is 5.99. The standard InChI is InChI=1S/C8H10N2O/c9-7-2-1-6(3-4-11)8(10)5-7/h1-5,11H,9-10H2. The monoisotopic (exact) mass is 150 g/mol. The highest BCUT2D eigenvalue weighted by molar-refractivity contribution is 5.67. The van der Waals surface area contributed by atoms with Gasteiger partial charge in [0, 0.05) is 16.9 Å². The molecule has 0 atom stereocenters. The van der Waals surface area contributed by atoms with Gasteiger partial charge in [0.1, 0.15) is 0 Å². The maximum absolute atomic E-state index is 8.45. The molecule has 1 aromatic rings. The fourth-order valence-corrected chi connectivity index (χ4v) is 0.825. The second-order valence-electron chi connectivity index (χ2n) is 2.20. The van der Waals surface area contributed by atoms with Gasteiger partial charge in [-0.05, 0) is 18.2 Å². The number of benzene rings is 1. The van der Waals surface area contributed by atoms with Gasteiger partial charge in [0.15, 0.2) is 0 Å². The minimum Gasteiger partial charge on any atom is -0.516 e. The highest BCUT2D eigenvalue weighted by Gasteiger charge is 1.93. The van der Waals surface area contributed by atoms with Crippen LogP contribution < -0.4 is 11.5 Å². The van der Waals surface area contributed by atoms with E-state index in [9.17, 15) is 0 Å². The van der Waals surface area contributed by atoms with Crippen molar-refractivity contribution in [2.24, 2.45) is 0 Å². The molecule has 0 unspecified atom stereocenters. The van der Waals surface area contributed by atoms with Gasteiger partial charge in [-0.2, -0.15) is 0 Å². The van der Waals surface area contributed by atoms with E-state index >= 15 is 0 Å². The van der Waals surface area contributed by atoms with E-state index in [-0.39, 0.29) is 0 Å². The van der Waals surface area contributed by atoms with Gasteiger partial charge in [0.25, 0.3) is 0 Å². The Bertz CT molecular complexity index is 281. The molecule has 0 saturated heterocycles. The Morgan fingerprint density at radius 3 is 2.55 bits per heavy atom. The highest BCUT2D eigenvalue weighted by atomic mass is 16.2. The van der Waals surface area contributed by atoms with Gasteiger partial charge >= 0.3 is 0 Å². The fourth-order valence-electron chi connectivity index (χ4n) is 0.825. The van der Waals surface area contributed by atoms with E-state index < -0.39 is 0 Å². The summed E-state index contributed by atoms with van der Waals surface area (Å²) >= 11 is 0. The van der Waals surface area contributed by atoms with E-state index in [0.717, 1.165) is 11.8 Å². The Kier molecular flexibility index (Phi) is 2.01. The summed E-state index contributed by atoms with van der Waals surface area (Å²) in [5, 5.41) is 8.45. The number of aliphatic hydroxyl groups excluding tert-OH is 1. The summed E-state index contributed by atoms with van der Waals surface area (Å²) in [6.07, 6.45) is 2.46. The Morgan fingerprint density at radius 1 is 1.27 bits per heavy atom. The Morgan fingerprint density at radius 2 is 2.00 bits per heavy atom. The topological polar surface area (TPSA) is 72.3 Å². The van der Waals surface area contributed by atoms with E-state index in [1.54, 1.807) is 18.2 Å². The van der Waals surface area contributed by atoms with Gasteiger partial charge in [0.05, 0.1) is 6.26 Å². The van der Waals surface area contributed by atoms with Crippen LogP contribution in [0.25, 0.3) is 6.08 Å². The summed E-state index contributed by atoms with van der Waals surface area (Å²) in [6, 6.07) is 5.12. The predicted molar refractivity (Wildman–Crippen MR) is 46.9 cm³/mol. The third-order valence-corrected chi connectivity index (χ3v) is 1.36. The van der Waals surface area contributed by atoms with Crippen LogP contribution in [0.1, 0.15) is 5.56 Å². The largest absolute Gasteiger partial charge is 0.516 e. The second-order valence-corrected chi connectivity index (χ2v) is 2.20. The van der Waals surface area contributed by atoms with Gasteiger partial charge in [0.2, 0.25) is 0 Å². The molecule has 11 heavy (non-hydrogen) atoms. The first-order valence-electron chi connectivity index (χ1n) is 3.20. The fraction of sp³-hybridized carbons (Fsp3) is 0. The Labute approximate surface area is 64.9 Å². The molecule has 1 aromatic carbocycles. The van der Waals surface area contributed by atoms with E-state index in [1.165, 1.54) is 6.08 Å². The molecule has 0 aliphatic heterocycles. The van der Waals surface area contributed by atoms with Crippen LogP contribution in [0.15, 0.2) is 24.5 Å². The first-order chi connectivity index (χ1) is 5.24. The predicted octanol–water partition coefficient (Wildman–Crippen LogP) is 1.38.